The number of carbonyl (C=O) groups is 1. The summed E-state index contributed by atoms with van der Waals surface area (Å²) in [7, 11) is 3.06. The van der Waals surface area contributed by atoms with E-state index in [0.29, 0.717) is 28.8 Å². The fourth-order valence-electron chi connectivity index (χ4n) is 2.06. The molecule has 1 aromatic heterocycles. The maximum atomic E-state index is 12.3. The molecular weight excluding hydrogens is 318 g/mol. The van der Waals surface area contributed by atoms with Crippen LogP contribution in [0, 0.1) is 0 Å². The van der Waals surface area contributed by atoms with E-state index in [-0.39, 0.29) is 17.2 Å². The Morgan fingerprint density at radius 3 is 2.70 bits per heavy atom. The van der Waals surface area contributed by atoms with Crippen molar-refractivity contribution < 1.29 is 14.3 Å². The van der Waals surface area contributed by atoms with Crippen LogP contribution < -0.4 is 15.2 Å². The van der Waals surface area contributed by atoms with Gasteiger partial charge in [0.2, 0.25) is 0 Å². The van der Waals surface area contributed by atoms with Crippen LogP contribution in [0.5, 0.6) is 11.5 Å². The Balaban J connectivity index is 2.09. The number of H-pyrrole nitrogens is 1. The van der Waals surface area contributed by atoms with Crippen LogP contribution in [-0.4, -0.2) is 40.5 Å². The third-order valence-electron chi connectivity index (χ3n) is 3.21. The Hall–Kier alpha value is -2.22. The molecule has 0 atom stereocenters. The molecule has 0 bridgehead atoms. The number of carbonyl (C=O) groups excluding carboxylic acids is 1. The number of benzene rings is 1. The number of hydrogen-bond acceptors (Lipinski definition) is 6. The highest BCUT2D eigenvalue weighted by Crippen LogP contribution is 2.28. The zero-order chi connectivity index (χ0) is 16.8. The van der Waals surface area contributed by atoms with Crippen LogP contribution in [0.4, 0.5) is 0 Å². The van der Waals surface area contributed by atoms with Gasteiger partial charge in [-0.2, -0.15) is 0 Å². The molecule has 0 radical (unpaired) electrons. The number of methoxy groups -OCH3 is 2. The maximum Gasteiger partial charge on any atom is 0.343 e. The Morgan fingerprint density at radius 2 is 2.04 bits per heavy atom. The van der Waals surface area contributed by atoms with Gasteiger partial charge in [0.05, 0.1) is 20.0 Å². The van der Waals surface area contributed by atoms with Crippen LogP contribution in [0.2, 0.25) is 0 Å². The number of nitrogens with zero attached hydrogens (tertiary/aromatic N) is 2. The van der Waals surface area contributed by atoms with Gasteiger partial charge in [0.15, 0.2) is 22.4 Å². The van der Waals surface area contributed by atoms with Gasteiger partial charge >= 0.3 is 5.69 Å². The van der Waals surface area contributed by atoms with Crippen molar-refractivity contribution in [2.75, 3.05) is 20.0 Å². The summed E-state index contributed by atoms with van der Waals surface area (Å²) in [5.74, 6) is 1.19. The van der Waals surface area contributed by atoms with Crippen molar-refractivity contribution in [3.8, 4) is 11.5 Å². The summed E-state index contributed by atoms with van der Waals surface area (Å²) in [6, 6.07) is 5.03. The molecule has 8 heteroatoms. The van der Waals surface area contributed by atoms with Crippen molar-refractivity contribution in [1.29, 1.82) is 0 Å². The second kappa shape index (κ2) is 7.87. The summed E-state index contributed by atoms with van der Waals surface area (Å²) in [4.78, 5) is 23.9. The molecule has 0 saturated heterocycles. The average Bonchev–Trinajstić information content (AvgIpc) is 2.92. The topological polar surface area (TPSA) is 86.2 Å². The van der Waals surface area contributed by atoms with Crippen molar-refractivity contribution in [3.05, 3.63) is 34.2 Å². The summed E-state index contributed by atoms with van der Waals surface area (Å²) in [6.45, 7) is 2.55. The summed E-state index contributed by atoms with van der Waals surface area (Å²) in [6.07, 6.45) is 0.816. The van der Waals surface area contributed by atoms with E-state index in [0.717, 1.165) is 6.42 Å². The lowest BCUT2D eigenvalue weighted by Gasteiger charge is -2.09. The molecule has 0 aliphatic carbocycles. The molecule has 0 amide bonds. The molecule has 1 N–H and O–H groups in total. The number of rotatable bonds is 8. The van der Waals surface area contributed by atoms with Crippen LogP contribution in [0.25, 0.3) is 0 Å². The fraction of sp³-hybridized carbons (Fsp3) is 0.400. The maximum absolute atomic E-state index is 12.3. The number of nitrogens with one attached hydrogen (secondary N) is 1. The summed E-state index contributed by atoms with van der Waals surface area (Å²) in [5.41, 5.74) is 0.267. The largest absolute Gasteiger partial charge is 0.493 e. The van der Waals surface area contributed by atoms with Crippen LogP contribution in [-0.2, 0) is 6.54 Å². The highest BCUT2D eigenvalue weighted by molar-refractivity contribution is 7.99. The molecule has 2 aromatic rings. The minimum Gasteiger partial charge on any atom is -0.493 e. The van der Waals surface area contributed by atoms with Gasteiger partial charge in [-0.05, 0) is 24.6 Å². The molecule has 1 aromatic carbocycles. The highest BCUT2D eigenvalue weighted by Gasteiger charge is 2.14. The van der Waals surface area contributed by atoms with E-state index in [9.17, 15) is 9.59 Å². The summed E-state index contributed by atoms with van der Waals surface area (Å²) >= 11 is 1.23. The molecule has 2 rings (SSSR count). The van der Waals surface area contributed by atoms with Gasteiger partial charge in [0.1, 0.15) is 0 Å². The van der Waals surface area contributed by atoms with E-state index in [1.54, 1.807) is 25.3 Å². The molecule has 0 saturated carbocycles. The number of aromatic amines is 1. The van der Waals surface area contributed by atoms with Gasteiger partial charge in [-0.1, -0.05) is 18.7 Å². The number of thioether (sulfide) groups is 1. The van der Waals surface area contributed by atoms with E-state index >= 15 is 0 Å². The van der Waals surface area contributed by atoms with Crippen molar-refractivity contribution in [2.24, 2.45) is 0 Å². The zero-order valence-corrected chi connectivity index (χ0v) is 14.1. The van der Waals surface area contributed by atoms with E-state index in [1.807, 2.05) is 6.92 Å². The zero-order valence-electron chi connectivity index (χ0n) is 13.3. The van der Waals surface area contributed by atoms with E-state index in [4.69, 9.17) is 9.47 Å². The number of hydrogen-bond donors (Lipinski definition) is 1. The first-order valence-electron chi connectivity index (χ1n) is 7.14. The Morgan fingerprint density at radius 1 is 1.30 bits per heavy atom. The molecule has 7 nitrogen and oxygen atoms in total. The van der Waals surface area contributed by atoms with Crippen LogP contribution >= 0.6 is 11.8 Å². The van der Waals surface area contributed by atoms with Gasteiger partial charge in [-0.25, -0.2) is 9.89 Å². The molecule has 0 unspecified atom stereocenters. The molecule has 23 heavy (non-hydrogen) atoms. The minimum absolute atomic E-state index is 0.0746. The minimum atomic E-state index is -0.257. The lowest BCUT2D eigenvalue weighted by Crippen LogP contribution is -2.17. The van der Waals surface area contributed by atoms with Gasteiger partial charge in [0.25, 0.3) is 0 Å². The second-order valence-corrected chi connectivity index (χ2v) is 5.69. The lowest BCUT2D eigenvalue weighted by atomic mass is 10.1. The molecule has 0 aliphatic rings. The first kappa shape index (κ1) is 17.1. The van der Waals surface area contributed by atoms with Gasteiger partial charge in [0, 0.05) is 12.1 Å². The fourth-order valence-corrected chi connectivity index (χ4v) is 2.92. The summed E-state index contributed by atoms with van der Waals surface area (Å²) in [5, 5.41) is 6.88. The number of aromatic nitrogens is 3. The predicted octanol–water partition coefficient (Wildman–Crippen LogP) is 1.97. The molecular formula is C15H19N3O4S. The first-order valence-corrected chi connectivity index (χ1v) is 8.12. The Kier molecular flexibility index (Phi) is 5.86. The Bertz CT molecular complexity index is 739. The number of Topliss-reactive ketones (excluding diaryl/α,β-unsaturated/α-hetero) is 1. The molecule has 0 fully saturated rings. The quantitative estimate of drug-likeness (QED) is 0.585. The van der Waals surface area contributed by atoms with E-state index in [1.165, 1.54) is 23.4 Å². The predicted molar refractivity (Wildman–Crippen MR) is 87.7 cm³/mol. The molecule has 124 valence electrons. The second-order valence-electron chi connectivity index (χ2n) is 4.74. The van der Waals surface area contributed by atoms with Crippen molar-refractivity contribution >= 4 is 17.5 Å². The van der Waals surface area contributed by atoms with Gasteiger partial charge in [-0.3, -0.25) is 9.36 Å². The standard InChI is InChI=1S/C15H19N3O4S/c1-4-7-18-14(20)16-17-15(18)23-9-11(19)10-5-6-12(21-2)13(8-10)22-3/h5-6,8H,4,7,9H2,1-3H3,(H,16,20). The molecule has 0 spiro atoms. The van der Waals surface area contributed by atoms with Crippen LogP contribution in [0.3, 0.4) is 0 Å². The lowest BCUT2D eigenvalue weighted by molar-refractivity contribution is 0.102. The van der Waals surface area contributed by atoms with Crippen molar-refractivity contribution in [1.82, 2.24) is 14.8 Å². The first-order chi connectivity index (χ1) is 11.1. The van der Waals surface area contributed by atoms with Crippen molar-refractivity contribution in [2.45, 2.75) is 25.0 Å². The third kappa shape index (κ3) is 3.95. The van der Waals surface area contributed by atoms with Crippen LogP contribution in [0.15, 0.2) is 28.2 Å². The van der Waals surface area contributed by atoms with E-state index < -0.39 is 0 Å². The third-order valence-corrected chi connectivity index (χ3v) is 4.18. The SMILES string of the molecule is CCCn1c(SCC(=O)c2ccc(OC)c(OC)c2)n[nH]c1=O. The molecule has 0 aliphatic heterocycles. The molecule has 1 heterocycles. The van der Waals surface area contributed by atoms with Gasteiger partial charge in [-0.15, -0.1) is 5.10 Å². The summed E-state index contributed by atoms with van der Waals surface area (Å²) < 4.78 is 11.9. The van der Waals surface area contributed by atoms with Gasteiger partial charge < -0.3 is 9.47 Å². The monoisotopic (exact) mass is 337 g/mol. The highest BCUT2D eigenvalue weighted by atomic mass is 32.2. The van der Waals surface area contributed by atoms with E-state index in [2.05, 4.69) is 10.2 Å². The van der Waals surface area contributed by atoms with Crippen molar-refractivity contribution in [3.63, 3.8) is 0 Å². The average molecular weight is 337 g/mol. The number of ketones is 1. The Labute approximate surface area is 138 Å². The van der Waals surface area contributed by atoms with Crippen LogP contribution in [0.1, 0.15) is 23.7 Å². The smallest absolute Gasteiger partial charge is 0.343 e. The number of ether oxygens (including phenoxy) is 2. The normalized spacial score (nSPS) is 10.6.